The standard InChI is InChI=1S/6C14H16N/c1-11-7-6-8-12(2)14(11)13-9-4-5-10-15(13)3;1-11-7-4-5-9-13(11)14-12(2)8-6-10-15(14)3;1-11-7-4-5-9-13(11)14-10-6-8-12(2)15(14)3;1-11-7-8-12(2)13(10-11)14-6-4-5-9-15(14)3;1-11-8-9-15(3)14(10-11)13-7-5-4-6-12(13)2;1-11-8-9-14(15(3)10-11)13-7-5-4-6-12(13)2/h6*4-10H,1-3H3/q6*+1/i;;;;;1D3. The Morgan fingerprint density at radius 1 is 0.256 bits per heavy atom. The summed E-state index contributed by atoms with van der Waals surface area (Å²) in [5.74, 6) is 0. The summed E-state index contributed by atoms with van der Waals surface area (Å²) in [6, 6.07) is 77.7. The number of aromatic nitrogens is 6. The van der Waals surface area contributed by atoms with Gasteiger partial charge in [0.2, 0.25) is 34.2 Å². The number of rotatable bonds is 6. The summed E-state index contributed by atoms with van der Waals surface area (Å²) in [5.41, 5.74) is 29.8. The van der Waals surface area contributed by atoms with Crippen LogP contribution in [0.5, 0.6) is 0 Å². The van der Waals surface area contributed by atoms with Gasteiger partial charge in [-0.05, 0) is 181 Å². The van der Waals surface area contributed by atoms with Gasteiger partial charge in [0.15, 0.2) is 36.7 Å². The maximum Gasteiger partial charge on any atom is 0.215 e. The molecule has 456 valence electrons. The molecule has 0 aliphatic heterocycles. The third kappa shape index (κ3) is 17.9. The van der Waals surface area contributed by atoms with Gasteiger partial charge in [-0.25, -0.2) is 22.8 Å². The third-order valence-electron chi connectivity index (χ3n) is 16.5. The molecule has 0 saturated heterocycles. The number of hydrogen-bond donors (Lipinski definition) is 0. The highest BCUT2D eigenvalue weighted by atomic mass is 14.9. The highest BCUT2D eigenvalue weighted by Crippen LogP contribution is 2.27. The Kier molecular flexibility index (Phi) is 22.8. The monoisotopic (exact) mass is 1190 g/mol. The smallest absolute Gasteiger partial charge is 0.201 e. The van der Waals surface area contributed by atoms with Crippen molar-refractivity contribution in [2.45, 2.75) is 83.0 Å². The topological polar surface area (TPSA) is 23.3 Å². The van der Waals surface area contributed by atoms with Gasteiger partial charge in [0, 0.05) is 111 Å². The van der Waals surface area contributed by atoms with Crippen LogP contribution in [-0.4, -0.2) is 0 Å². The number of pyridine rings is 6. The van der Waals surface area contributed by atoms with Gasteiger partial charge in [0.05, 0.1) is 5.56 Å². The fraction of sp³-hybridized carbons (Fsp3) is 0.214. The molecule has 6 heterocycles. The van der Waals surface area contributed by atoms with Crippen molar-refractivity contribution in [2.24, 2.45) is 42.3 Å². The molecule has 0 N–H and O–H groups in total. The molecule has 0 fully saturated rings. The molecule has 0 bridgehead atoms. The van der Waals surface area contributed by atoms with E-state index in [1.54, 1.807) is 12.3 Å². The minimum absolute atomic E-state index is 0.363. The Morgan fingerprint density at radius 3 is 1.20 bits per heavy atom. The maximum atomic E-state index is 7.41. The van der Waals surface area contributed by atoms with Gasteiger partial charge < -0.3 is 0 Å². The zero-order valence-electron chi connectivity index (χ0n) is 59.4. The zero-order valence-corrected chi connectivity index (χ0v) is 56.4. The average molecular weight is 1190 g/mol. The second kappa shape index (κ2) is 32.4. The van der Waals surface area contributed by atoms with Crippen molar-refractivity contribution in [1.82, 2.24) is 0 Å². The summed E-state index contributed by atoms with van der Waals surface area (Å²) in [6.07, 6.45) is 10.0. The molecule has 12 rings (SSSR count). The van der Waals surface area contributed by atoms with Crippen LogP contribution in [0.1, 0.15) is 71.0 Å². The van der Waals surface area contributed by atoms with Gasteiger partial charge in [-0.3, -0.25) is 0 Å². The summed E-state index contributed by atoms with van der Waals surface area (Å²) < 4.78 is 35.0. The van der Waals surface area contributed by atoms with E-state index in [0.29, 0.717) is 5.56 Å². The number of nitrogens with zero attached hydrogens (tertiary/aromatic N) is 6. The molecule has 90 heavy (non-hydrogen) atoms. The van der Waals surface area contributed by atoms with Gasteiger partial charge in [-0.2, -0.15) is 4.57 Å². The maximum absolute atomic E-state index is 7.41. The highest BCUT2D eigenvalue weighted by molar-refractivity contribution is 5.67. The first-order chi connectivity index (χ1) is 44.4. The van der Waals surface area contributed by atoms with Crippen LogP contribution in [0.15, 0.2) is 255 Å². The predicted molar refractivity (Wildman–Crippen MR) is 375 cm³/mol. The van der Waals surface area contributed by atoms with Gasteiger partial charge in [0.1, 0.15) is 42.3 Å². The predicted octanol–water partition coefficient (Wildman–Crippen LogP) is 16.8. The lowest BCUT2D eigenvalue weighted by molar-refractivity contribution is -0.666. The van der Waals surface area contributed by atoms with E-state index in [9.17, 15) is 0 Å². The fourth-order valence-electron chi connectivity index (χ4n) is 11.2. The summed E-state index contributed by atoms with van der Waals surface area (Å²) in [7, 11) is 12.3. The SMILES string of the molecule is Cc1cc[n+](C)c(-c2ccccc2C)c1.Cc1ccc(C)c(-c2cccc[n+]2C)c1.Cc1cccc(C)c1-c1cccc[n+]1C.Cc1ccccc1-c1c(C)ccc[n+]1C.Cc1ccccc1-c1cccc(C)[n+]1C.[2H]C([2H])([2H])c1ccc(-c2ccccc2C)[n+](C)c1. The molecule has 6 heteroatoms. The van der Waals surface area contributed by atoms with Gasteiger partial charge >= 0.3 is 0 Å². The molecular formula is C84H96N6+6. The van der Waals surface area contributed by atoms with Crippen LogP contribution in [0.4, 0.5) is 0 Å². The van der Waals surface area contributed by atoms with Crippen LogP contribution in [0.2, 0.25) is 0 Å². The fourth-order valence-corrected chi connectivity index (χ4v) is 11.2. The lowest BCUT2D eigenvalue weighted by Crippen LogP contribution is -2.34. The number of aryl methyl sites for hydroxylation is 17. The second-order valence-electron chi connectivity index (χ2n) is 23.6. The van der Waals surface area contributed by atoms with Crippen molar-refractivity contribution >= 4 is 0 Å². The Balaban J connectivity index is 0.000000158. The van der Waals surface area contributed by atoms with E-state index in [4.69, 9.17) is 4.11 Å². The zero-order chi connectivity index (χ0) is 67.5. The Morgan fingerprint density at radius 2 is 0.667 bits per heavy atom. The third-order valence-corrected chi connectivity index (χ3v) is 16.5. The molecule has 0 atom stereocenters. The summed E-state index contributed by atoms with van der Waals surface area (Å²) in [5, 5.41) is 0. The van der Waals surface area contributed by atoms with Crippen molar-refractivity contribution in [3.8, 4) is 67.5 Å². The number of hydrogen-bond acceptors (Lipinski definition) is 0. The molecule has 0 unspecified atom stereocenters. The quantitative estimate of drug-likeness (QED) is 0.148. The van der Waals surface area contributed by atoms with Crippen molar-refractivity contribution in [3.05, 3.63) is 322 Å². The summed E-state index contributed by atoms with van der Waals surface area (Å²) in [4.78, 5) is 0. The summed E-state index contributed by atoms with van der Waals surface area (Å²) >= 11 is 0. The Labute approximate surface area is 543 Å². The van der Waals surface area contributed by atoms with Crippen LogP contribution in [-0.2, 0) is 42.3 Å². The number of benzene rings is 6. The largest absolute Gasteiger partial charge is 0.215 e. The lowest BCUT2D eigenvalue weighted by atomic mass is 9.99. The average Bonchev–Trinajstić information content (AvgIpc) is 0.990. The second-order valence-corrected chi connectivity index (χ2v) is 23.6. The van der Waals surface area contributed by atoms with Crippen LogP contribution >= 0.6 is 0 Å². The van der Waals surface area contributed by atoms with Gasteiger partial charge in [-0.1, -0.05) is 109 Å². The highest BCUT2D eigenvalue weighted by Gasteiger charge is 2.18. The molecule has 0 radical (unpaired) electrons. The van der Waals surface area contributed by atoms with E-state index in [-0.39, 0.29) is 0 Å². The Bertz CT molecular complexity index is 4200. The Hall–Kier alpha value is -9.78. The van der Waals surface area contributed by atoms with E-state index < -0.39 is 6.85 Å². The van der Waals surface area contributed by atoms with Crippen molar-refractivity contribution in [3.63, 3.8) is 0 Å². The van der Waals surface area contributed by atoms with E-state index in [0.717, 1.165) is 11.3 Å². The first-order valence-corrected chi connectivity index (χ1v) is 31.0. The molecule has 0 aliphatic rings. The van der Waals surface area contributed by atoms with Crippen LogP contribution in [0.3, 0.4) is 0 Å². The molecule has 0 amide bonds. The molecular weight excluding hydrogens is 1090 g/mol. The lowest BCUT2D eigenvalue weighted by Gasteiger charge is -2.07. The first kappa shape index (κ1) is 63.2. The first-order valence-electron chi connectivity index (χ1n) is 32.5. The van der Waals surface area contributed by atoms with Gasteiger partial charge in [0.25, 0.3) is 0 Å². The van der Waals surface area contributed by atoms with Crippen molar-refractivity contribution in [1.29, 1.82) is 0 Å². The molecule has 0 spiro atoms. The van der Waals surface area contributed by atoms with Crippen LogP contribution < -0.4 is 27.4 Å². The minimum atomic E-state index is -2.05. The molecule has 12 aromatic rings. The molecule has 0 aliphatic carbocycles. The van der Waals surface area contributed by atoms with E-state index in [1.807, 2.05) is 48.9 Å². The molecule has 6 aromatic carbocycles. The molecule has 6 nitrogen and oxygen atoms in total. The van der Waals surface area contributed by atoms with Crippen LogP contribution in [0.25, 0.3) is 67.5 Å². The normalized spacial score (nSPS) is 11.0. The van der Waals surface area contributed by atoms with E-state index >= 15 is 0 Å². The minimum Gasteiger partial charge on any atom is -0.201 e. The van der Waals surface area contributed by atoms with E-state index in [2.05, 4.69) is 340 Å². The van der Waals surface area contributed by atoms with Gasteiger partial charge in [-0.15, -0.1) is 0 Å². The van der Waals surface area contributed by atoms with Crippen LogP contribution in [0, 0.1) is 83.0 Å². The van der Waals surface area contributed by atoms with Crippen molar-refractivity contribution in [2.75, 3.05) is 0 Å². The van der Waals surface area contributed by atoms with Crippen molar-refractivity contribution < 1.29 is 31.5 Å². The molecule has 0 saturated carbocycles. The molecule has 6 aromatic heterocycles. The van der Waals surface area contributed by atoms with E-state index in [1.165, 1.54) is 118 Å². The summed E-state index contributed by atoms with van der Waals surface area (Å²) in [6.45, 7) is 21.5.